The Kier molecular flexibility index (Phi) is 9.25. The van der Waals surface area contributed by atoms with Gasteiger partial charge in [0, 0.05) is 10.2 Å². The summed E-state index contributed by atoms with van der Waals surface area (Å²) < 4.78 is 13.2. The first-order chi connectivity index (χ1) is 15.8. The van der Waals surface area contributed by atoms with Crippen molar-refractivity contribution in [1.29, 1.82) is 0 Å². The Hall–Kier alpha value is -2.01. The third-order valence-electron chi connectivity index (χ3n) is 4.41. The van der Waals surface area contributed by atoms with Crippen LogP contribution in [0.3, 0.4) is 0 Å². The zero-order valence-corrected chi connectivity index (χ0v) is 22.8. The number of carbonyl (C=O) groups is 1. The lowest BCUT2D eigenvalue weighted by Gasteiger charge is -2.14. The average molecular weight is 663 g/mol. The second-order valence-corrected chi connectivity index (χ2v) is 9.69. The largest absolute Gasteiger partial charge is 0.493 e. The summed E-state index contributed by atoms with van der Waals surface area (Å²) in [5.74, 6) is 1.14. The summed E-state index contributed by atoms with van der Waals surface area (Å²) in [6.45, 7) is 2.24. The summed E-state index contributed by atoms with van der Waals surface area (Å²) in [5, 5.41) is 7.70. The molecule has 0 fully saturated rings. The Bertz CT molecular complexity index is 1210. The quantitative estimate of drug-likeness (QED) is 0.157. The molecule has 33 heavy (non-hydrogen) atoms. The van der Waals surface area contributed by atoms with Crippen molar-refractivity contribution in [3.8, 4) is 11.5 Å². The van der Waals surface area contributed by atoms with Crippen molar-refractivity contribution < 1.29 is 14.3 Å². The molecule has 3 aromatic carbocycles. The van der Waals surface area contributed by atoms with Crippen molar-refractivity contribution >= 4 is 79.7 Å². The molecule has 0 saturated heterocycles. The van der Waals surface area contributed by atoms with Crippen molar-refractivity contribution in [2.75, 3.05) is 12.4 Å². The highest BCUT2D eigenvalue weighted by molar-refractivity contribution is 14.1. The van der Waals surface area contributed by atoms with E-state index in [-0.39, 0.29) is 0 Å². The van der Waals surface area contributed by atoms with E-state index in [1.807, 2.05) is 31.2 Å². The number of hydrazone groups is 1. The summed E-state index contributed by atoms with van der Waals surface area (Å²) in [6, 6.07) is 14.1. The van der Waals surface area contributed by atoms with Crippen molar-refractivity contribution in [2.24, 2.45) is 5.10 Å². The maximum atomic E-state index is 12.1. The van der Waals surface area contributed by atoms with E-state index in [2.05, 4.69) is 54.4 Å². The molecule has 0 aliphatic rings. The molecule has 0 heterocycles. The summed E-state index contributed by atoms with van der Waals surface area (Å²) in [4.78, 5) is 12.1. The molecule has 6 nitrogen and oxygen atoms in total. The summed E-state index contributed by atoms with van der Waals surface area (Å²) in [6.07, 6.45) is 1.53. The Morgan fingerprint density at radius 1 is 1.15 bits per heavy atom. The summed E-state index contributed by atoms with van der Waals surface area (Å²) in [7, 11) is 1.56. The van der Waals surface area contributed by atoms with Crippen LogP contribution >= 0.6 is 61.7 Å². The Morgan fingerprint density at radius 2 is 1.94 bits per heavy atom. The van der Waals surface area contributed by atoms with E-state index in [1.54, 1.807) is 31.4 Å². The molecule has 2 amide bonds. The number of ether oxygens (including phenoxy) is 2. The van der Waals surface area contributed by atoms with Gasteiger partial charge in [0.05, 0.1) is 26.9 Å². The van der Waals surface area contributed by atoms with Gasteiger partial charge in [0.1, 0.15) is 6.61 Å². The molecule has 0 unspecified atom stereocenters. The monoisotopic (exact) mass is 661 g/mol. The molecule has 0 bridgehead atoms. The summed E-state index contributed by atoms with van der Waals surface area (Å²) in [5.41, 5.74) is 5.75. The minimum absolute atomic E-state index is 0.300. The third-order valence-corrected chi connectivity index (χ3v) is 6.84. The first-order valence-electron chi connectivity index (χ1n) is 9.57. The van der Waals surface area contributed by atoms with E-state index in [9.17, 15) is 4.79 Å². The molecule has 3 aromatic rings. The molecule has 0 radical (unpaired) electrons. The van der Waals surface area contributed by atoms with E-state index < -0.39 is 6.03 Å². The number of nitrogens with one attached hydrogen (secondary N) is 2. The van der Waals surface area contributed by atoms with Crippen molar-refractivity contribution in [2.45, 2.75) is 13.5 Å². The topological polar surface area (TPSA) is 72.0 Å². The maximum Gasteiger partial charge on any atom is 0.339 e. The molecule has 0 atom stereocenters. The zero-order chi connectivity index (χ0) is 24.0. The standard InChI is InChI=1S/C23H19BrCl2IN3O3/c1-13-7-16(4-5-17(13)24)29-23(31)30-28-11-15-9-20(27)22(21(10-15)32-2)33-12-14-3-6-18(25)19(26)8-14/h3-11H,12H2,1-2H3,(H2,29,30,31)/b28-11+. The van der Waals surface area contributed by atoms with Crippen LogP contribution in [0.25, 0.3) is 0 Å². The van der Waals surface area contributed by atoms with Crippen LogP contribution < -0.4 is 20.2 Å². The van der Waals surface area contributed by atoms with Crippen molar-refractivity contribution in [3.63, 3.8) is 0 Å². The molecule has 0 spiro atoms. The highest BCUT2D eigenvalue weighted by Crippen LogP contribution is 2.34. The number of carbonyl (C=O) groups excluding carboxylic acids is 1. The van der Waals surface area contributed by atoms with E-state index in [0.717, 1.165) is 24.7 Å². The number of methoxy groups -OCH3 is 1. The van der Waals surface area contributed by atoms with E-state index in [4.69, 9.17) is 32.7 Å². The summed E-state index contributed by atoms with van der Waals surface area (Å²) >= 11 is 17.6. The SMILES string of the molecule is COc1cc(/C=N/NC(=O)Nc2ccc(Br)c(C)c2)cc(I)c1OCc1ccc(Cl)c(Cl)c1. The minimum atomic E-state index is -0.448. The van der Waals surface area contributed by atoms with Crippen LogP contribution in [0, 0.1) is 10.5 Å². The number of aryl methyl sites for hydroxylation is 1. The lowest BCUT2D eigenvalue weighted by molar-refractivity contribution is 0.252. The molecule has 0 aliphatic carbocycles. The molecule has 2 N–H and O–H groups in total. The predicted molar refractivity (Wildman–Crippen MR) is 145 cm³/mol. The first kappa shape index (κ1) is 25.6. The number of hydrogen-bond acceptors (Lipinski definition) is 4. The molecule has 0 saturated carbocycles. The van der Waals surface area contributed by atoms with Gasteiger partial charge in [-0.15, -0.1) is 0 Å². The lowest BCUT2D eigenvalue weighted by Crippen LogP contribution is -2.24. The molecular formula is C23H19BrCl2IN3O3. The molecule has 10 heteroatoms. The van der Waals surface area contributed by atoms with Gasteiger partial charge in [0.25, 0.3) is 0 Å². The number of anilines is 1. The molecule has 0 aliphatic heterocycles. The Morgan fingerprint density at radius 3 is 2.64 bits per heavy atom. The zero-order valence-electron chi connectivity index (χ0n) is 17.6. The number of benzene rings is 3. The predicted octanol–water partition coefficient (Wildman–Crippen LogP) is 7.41. The highest BCUT2D eigenvalue weighted by atomic mass is 127. The number of urea groups is 1. The van der Waals surface area contributed by atoms with Crippen LogP contribution in [0.2, 0.25) is 10.0 Å². The smallest absolute Gasteiger partial charge is 0.339 e. The normalized spacial score (nSPS) is 10.8. The van der Waals surface area contributed by atoms with E-state index in [0.29, 0.717) is 33.8 Å². The molecule has 3 rings (SSSR count). The fourth-order valence-electron chi connectivity index (χ4n) is 2.79. The maximum absolute atomic E-state index is 12.1. The van der Waals surface area contributed by atoms with E-state index in [1.165, 1.54) is 6.21 Å². The molecule has 172 valence electrons. The second kappa shape index (κ2) is 11.9. The van der Waals surface area contributed by atoms with Crippen LogP contribution in [0.5, 0.6) is 11.5 Å². The van der Waals surface area contributed by atoms with Gasteiger partial charge >= 0.3 is 6.03 Å². The van der Waals surface area contributed by atoms with Crippen LogP contribution in [0.15, 0.2) is 58.1 Å². The van der Waals surface area contributed by atoms with Gasteiger partial charge in [-0.05, 0) is 88.7 Å². The first-order valence-corrected chi connectivity index (χ1v) is 12.2. The van der Waals surface area contributed by atoms with Crippen molar-refractivity contribution in [3.05, 3.63) is 83.3 Å². The van der Waals surface area contributed by atoms with Crippen LogP contribution in [-0.2, 0) is 6.61 Å². The van der Waals surface area contributed by atoms with Gasteiger partial charge < -0.3 is 14.8 Å². The van der Waals surface area contributed by atoms with Gasteiger partial charge in [0.2, 0.25) is 0 Å². The Labute approximate surface area is 223 Å². The molecule has 0 aromatic heterocycles. The number of nitrogens with zero attached hydrogens (tertiary/aromatic N) is 1. The van der Waals surface area contributed by atoms with Gasteiger partial charge in [-0.3, -0.25) is 0 Å². The Balaban J connectivity index is 1.64. The number of halogens is 4. The molecular weight excluding hydrogens is 644 g/mol. The van der Waals surface area contributed by atoms with E-state index >= 15 is 0 Å². The van der Waals surface area contributed by atoms with Crippen LogP contribution in [-0.4, -0.2) is 19.4 Å². The fourth-order valence-corrected chi connectivity index (χ4v) is 4.13. The number of amides is 2. The minimum Gasteiger partial charge on any atom is -0.493 e. The van der Waals surface area contributed by atoms with Crippen LogP contribution in [0.1, 0.15) is 16.7 Å². The number of rotatable bonds is 7. The van der Waals surface area contributed by atoms with Gasteiger partial charge in [-0.25, -0.2) is 10.2 Å². The highest BCUT2D eigenvalue weighted by Gasteiger charge is 2.12. The van der Waals surface area contributed by atoms with Gasteiger partial charge in [-0.1, -0.05) is 45.2 Å². The van der Waals surface area contributed by atoms with Gasteiger partial charge in [-0.2, -0.15) is 5.10 Å². The van der Waals surface area contributed by atoms with Crippen LogP contribution in [0.4, 0.5) is 10.5 Å². The average Bonchev–Trinajstić information content (AvgIpc) is 2.77. The fraction of sp³-hybridized carbons (Fsp3) is 0.130. The third kappa shape index (κ3) is 7.23. The van der Waals surface area contributed by atoms with Gasteiger partial charge in [0.15, 0.2) is 11.5 Å². The number of hydrogen-bond donors (Lipinski definition) is 2. The second-order valence-electron chi connectivity index (χ2n) is 6.86. The lowest BCUT2D eigenvalue weighted by atomic mass is 10.2. The van der Waals surface area contributed by atoms with Crippen molar-refractivity contribution in [1.82, 2.24) is 5.43 Å².